The van der Waals surface area contributed by atoms with Crippen molar-refractivity contribution < 1.29 is 28.4 Å². The van der Waals surface area contributed by atoms with Gasteiger partial charge in [-0.05, 0) is 25.5 Å². The molecule has 3 rings (SSSR count). The lowest BCUT2D eigenvalue weighted by Crippen LogP contribution is -2.39. The zero-order valence-corrected chi connectivity index (χ0v) is 16.0. The lowest BCUT2D eigenvalue weighted by atomic mass is 10.0. The van der Waals surface area contributed by atoms with Gasteiger partial charge in [-0.3, -0.25) is 28.6 Å². The number of H-pyrrole nitrogens is 1. The molecule has 0 aromatic carbocycles. The third-order valence-electron chi connectivity index (χ3n) is 4.50. The van der Waals surface area contributed by atoms with Gasteiger partial charge in [0.05, 0.1) is 12.5 Å². The van der Waals surface area contributed by atoms with Crippen LogP contribution in [0.25, 0.3) is 0 Å². The molecule has 152 valence electrons. The number of carbonyl (C=O) groups excluding carboxylic acids is 1. The van der Waals surface area contributed by atoms with Crippen molar-refractivity contribution in [3.8, 4) is 0 Å². The Balaban J connectivity index is 1.68. The molecular formula is C16H20N3O8P. The standard InChI is InChI=1S/C16H20N3O8P/c1-9-6-19(13-4-3-11(27-13)8-26-28(23,24)25)15(21)12(9)7-18-5-10(2)14(20)17-16(18)22/h3-6,11-13H,7-8H2,1-2H3,(H,17,20,22)(H2,23,24,25). The average molecular weight is 413 g/mol. The van der Waals surface area contributed by atoms with E-state index in [0.29, 0.717) is 11.1 Å². The van der Waals surface area contributed by atoms with Gasteiger partial charge < -0.3 is 14.5 Å². The minimum Gasteiger partial charge on any atom is -0.345 e. The van der Waals surface area contributed by atoms with E-state index < -0.39 is 37.3 Å². The normalized spacial score (nSPS) is 24.9. The van der Waals surface area contributed by atoms with Crippen LogP contribution in [0.1, 0.15) is 12.5 Å². The number of phosphoric ester groups is 1. The second-order valence-electron chi connectivity index (χ2n) is 6.63. The maximum Gasteiger partial charge on any atom is 0.469 e. The number of nitrogens with zero attached hydrogens (tertiary/aromatic N) is 2. The number of phosphoric acid groups is 1. The Labute approximate surface area is 159 Å². The summed E-state index contributed by atoms with van der Waals surface area (Å²) in [6.07, 6.45) is 4.71. The van der Waals surface area contributed by atoms with Gasteiger partial charge in [0.1, 0.15) is 6.10 Å². The summed E-state index contributed by atoms with van der Waals surface area (Å²) in [4.78, 5) is 57.3. The summed E-state index contributed by atoms with van der Waals surface area (Å²) in [5.74, 6) is -0.898. The average Bonchev–Trinajstić information content (AvgIpc) is 3.17. The number of aryl methyl sites for hydroxylation is 1. The van der Waals surface area contributed by atoms with Crippen LogP contribution in [0.15, 0.2) is 39.7 Å². The summed E-state index contributed by atoms with van der Waals surface area (Å²) >= 11 is 0. The number of rotatable bonds is 6. The monoisotopic (exact) mass is 413 g/mol. The highest BCUT2D eigenvalue weighted by Gasteiger charge is 2.38. The largest absolute Gasteiger partial charge is 0.469 e. The van der Waals surface area contributed by atoms with Crippen LogP contribution in [0.3, 0.4) is 0 Å². The Hall–Kier alpha value is -2.30. The van der Waals surface area contributed by atoms with Gasteiger partial charge in [0.2, 0.25) is 5.91 Å². The van der Waals surface area contributed by atoms with E-state index >= 15 is 0 Å². The van der Waals surface area contributed by atoms with Crippen LogP contribution >= 0.6 is 7.82 Å². The Morgan fingerprint density at radius 1 is 1.25 bits per heavy atom. The number of aromatic amines is 1. The molecule has 0 aliphatic carbocycles. The Morgan fingerprint density at radius 3 is 2.64 bits per heavy atom. The summed E-state index contributed by atoms with van der Waals surface area (Å²) in [5.41, 5.74) is 0.00780. The van der Waals surface area contributed by atoms with Gasteiger partial charge in [-0.25, -0.2) is 9.36 Å². The van der Waals surface area contributed by atoms with Crippen molar-refractivity contribution in [1.82, 2.24) is 14.5 Å². The molecule has 3 heterocycles. The van der Waals surface area contributed by atoms with E-state index in [2.05, 4.69) is 9.51 Å². The highest BCUT2D eigenvalue weighted by Crippen LogP contribution is 2.37. The first-order chi connectivity index (χ1) is 13.0. The van der Waals surface area contributed by atoms with Crippen LogP contribution in [0.5, 0.6) is 0 Å². The predicted octanol–water partition coefficient (Wildman–Crippen LogP) is -0.402. The van der Waals surface area contributed by atoms with E-state index in [-0.39, 0.29) is 19.1 Å². The second-order valence-corrected chi connectivity index (χ2v) is 7.87. The smallest absolute Gasteiger partial charge is 0.345 e. The molecule has 1 amide bonds. The first-order valence-electron chi connectivity index (χ1n) is 8.40. The molecule has 0 saturated carbocycles. The summed E-state index contributed by atoms with van der Waals surface area (Å²) in [6, 6.07) is 0. The fraction of sp³-hybridized carbons (Fsp3) is 0.438. The van der Waals surface area contributed by atoms with E-state index in [9.17, 15) is 18.9 Å². The molecule has 1 aromatic heterocycles. The highest BCUT2D eigenvalue weighted by molar-refractivity contribution is 7.46. The van der Waals surface area contributed by atoms with Crippen LogP contribution in [0, 0.1) is 12.8 Å². The number of ether oxygens (including phenoxy) is 1. The minimum atomic E-state index is -4.61. The van der Waals surface area contributed by atoms with Crippen molar-refractivity contribution >= 4 is 13.7 Å². The van der Waals surface area contributed by atoms with Crippen molar-refractivity contribution in [2.24, 2.45) is 5.92 Å². The van der Waals surface area contributed by atoms with Crippen molar-refractivity contribution in [2.45, 2.75) is 32.7 Å². The van der Waals surface area contributed by atoms with Crippen LogP contribution in [-0.2, 0) is 25.2 Å². The van der Waals surface area contributed by atoms with Crippen LogP contribution in [0.2, 0.25) is 0 Å². The number of carbonyl (C=O) groups is 1. The Bertz CT molecular complexity index is 1000. The lowest BCUT2D eigenvalue weighted by molar-refractivity contribution is -0.139. The molecule has 28 heavy (non-hydrogen) atoms. The molecule has 2 aliphatic heterocycles. The molecule has 3 unspecified atom stereocenters. The molecule has 0 spiro atoms. The van der Waals surface area contributed by atoms with E-state index in [0.717, 1.165) is 0 Å². The molecule has 3 N–H and O–H groups in total. The molecule has 11 nitrogen and oxygen atoms in total. The molecule has 0 fully saturated rings. The van der Waals surface area contributed by atoms with Gasteiger partial charge in [-0.15, -0.1) is 0 Å². The van der Waals surface area contributed by atoms with Gasteiger partial charge in [-0.2, -0.15) is 0 Å². The van der Waals surface area contributed by atoms with E-state index in [1.807, 2.05) is 0 Å². The third-order valence-corrected chi connectivity index (χ3v) is 4.98. The molecule has 3 atom stereocenters. The fourth-order valence-corrected chi connectivity index (χ4v) is 3.37. The zero-order valence-electron chi connectivity index (χ0n) is 15.1. The number of hydrogen-bond acceptors (Lipinski definition) is 6. The molecule has 0 saturated heterocycles. The summed E-state index contributed by atoms with van der Waals surface area (Å²) in [5, 5.41) is 0. The Kier molecular flexibility index (Phi) is 5.55. The van der Waals surface area contributed by atoms with Crippen molar-refractivity contribution in [3.05, 3.63) is 56.5 Å². The van der Waals surface area contributed by atoms with Gasteiger partial charge in [-0.1, -0.05) is 6.08 Å². The van der Waals surface area contributed by atoms with E-state index in [4.69, 9.17) is 14.5 Å². The van der Waals surface area contributed by atoms with Gasteiger partial charge in [0.25, 0.3) is 5.56 Å². The van der Waals surface area contributed by atoms with E-state index in [1.54, 1.807) is 32.2 Å². The Morgan fingerprint density at radius 2 is 1.96 bits per heavy atom. The van der Waals surface area contributed by atoms with Crippen molar-refractivity contribution in [3.63, 3.8) is 0 Å². The topological polar surface area (TPSA) is 151 Å². The first kappa shape index (κ1) is 20.4. The number of nitrogens with one attached hydrogen (secondary N) is 1. The number of aromatic nitrogens is 2. The lowest BCUT2D eigenvalue weighted by Gasteiger charge is -2.23. The van der Waals surface area contributed by atoms with E-state index in [1.165, 1.54) is 15.7 Å². The quantitative estimate of drug-likeness (QED) is 0.421. The van der Waals surface area contributed by atoms with Crippen LogP contribution in [0.4, 0.5) is 0 Å². The molecule has 1 aromatic rings. The van der Waals surface area contributed by atoms with Gasteiger partial charge in [0.15, 0.2) is 6.23 Å². The third kappa shape index (κ3) is 4.40. The van der Waals surface area contributed by atoms with Crippen LogP contribution in [-0.4, -0.2) is 49.1 Å². The summed E-state index contributed by atoms with van der Waals surface area (Å²) in [7, 11) is -4.61. The summed E-state index contributed by atoms with van der Waals surface area (Å²) in [6.45, 7) is 3.03. The fourth-order valence-electron chi connectivity index (χ4n) is 3.03. The second kappa shape index (κ2) is 7.61. The maximum absolute atomic E-state index is 12.8. The molecular weight excluding hydrogens is 393 g/mol. The van der Waals surface area contributed by atoms with Crippen molar-refractivity contribution in [1.29, 1.82) is 0 Å². The van der Waals surface area contributed by atoms with Gasteiger partial charge >= 0.3 is 13.5 Å². The molecule has 0 radical (unpaired) electrons. The molecule has 12 heteroatoms. The van der Waals surface area contributed by atoms with Crippen molar-refractivity contribution in [2.75, 3.05) is 6.61 Å². The van der Waals surface area contributed by atoms with Gasteiger partial charge in [0, 0.05) is 24.5 Å². The zero-order chi connectivity index (χ0) is 20.6. The molecule has 0 bridgehead atoms. The highest BCUT2D eigenvalue weighted by atomic mass is 31.2. The number of hydrogen-bond donors (Lipinski definition) is 3. The molecule has 2 aliphatic rings. The van der Waals surface area contributed by atoms with Crippen LogP contribution < -0.4 is 11.2 Å². The first-order valence-corrected chi connectivity index (χ1v) is 9.93. The number of amides is 1. The minimum absolute atomic E-state index is 0.0648. The SMILES string of the molecule is CC1=CN(C2C=CC(COP(=O)(O)O)O2)C(=O)C1Cn1cc(C)c(=O)[nH]c1=O. The predicted molar refractivity (Wildman–Crippen MR) is 95.9 cm³/mol. The summed E-state index contributed by atoms with van der Waals surface area (Å²) < 4.78 is 22.1. The maximum atomic E-state index is 12.8.